The van der Waals surface area contributed by atoms with Crippen molar-refractivity contribution in [3.63, 3.8) is 0 Å². The second kappa shape index (κ2) is 6.75. The predicted molar refractivity (Wildman–Crippen MR) is 95.3 cm³/mol. The summed E-state index contributed by atoms with van der Waals surface area (Å²) in [5, 5.41) is 6.39. The third-order valence-corrected chi connectivity index (χ3v) is 5.40. The lowest BCUT2D eigenvalue weighted by Gasteiger charge is -2.17. The molecule has 1 N–H and O–H groups in total. The summed E-state index contributed by atoms with van der Waals surface area (Å²) >= 11 is 1.01. The first-order valence-corrected chi connectivity index (χ1v) is 8.93. The lowest BCUT2D eigenvalue weighted by molar-refractivity contribution is -0.140. The summed E-state index contributed by atoms with van der Waals surface area (Å²) in [6.07, 6.45) is -3.88. The molecule has 3 aromatic rings. The minimum absolute atomic E-state index is 0.0430. The molecule has 0 fully saturated rings. The van der Waals surface area contributed by atoms with E-state index in [1.165, 1.54) is 13.1 Å². The third kappa shape index (κ3) is 3.46. The number of aromatic nitrogens is 2. The summed E-state index contributed by atoms with van der Waals surface area (Å²) in [6, 6.07) is 8.89. The third-order valence-electron chi connectivity index (χ3n) is 4.20. The van der Waals surface area contributed by atoms with E-state index in [9.17, 15) is 18.0 Å². The molecule has 2 aromatic heterocycles. The van der Waals surface area contributed by atoms with Crippen LogP contribution in [0.15, 0.2) is 30.3 Å². The number of hydrogen-bond donors (Lipinski definition) is 1. The van der Waals surface area contributed by atoms with Crippen LogP contribution in [0.25, 0.3) is 10.2 Å². The summed E-state index contributed by atoms with van der Waals surface area (Å²) in [6.45, 7) is 3.92. The Labute approximate surface area is 152 Å². The number of hydrogen-bond acceptors (Lipinski definition) is 3. The largest absolute Gasteiger partial charge is 0.435 e. The Hall–Kier alpha value is -2.35. The minimum Gasteiger partial charge on any atom is -0.345 e. The predicted octanol–water partition coefficient (Wildman–Crippen LogP) is 4.84. The van der Waals surface area contributed by atoms with Gasteiger partial charge in [-0.05, 0) is 25.0 Å². The van der Waals surface area contributed by atoms with Gasteiger partial charge in [0.15, 0.2) is 5.69 Å². The first kappa shape index (κ1) is 18.4. The van der Waals surface area contributed by atoms with Crippen LogP contribution in [-0.2, 0) is 13.2 Å². The van der Waals surface area contributed by atoms with E-state index in [-0.39, 0.29) is 22.2 Å². The summed E-state index contributed by atoms with van der Waals surface area (Å²) in [5.41, 5.74) is 1.12. The second-order valence-corrected chi connectivity index (χ2v) is 7.18. The highest BCUT2D eigenvalue weighted by Gasteiger charge is 2.37. The van der Waals surface area contributed by atoms with E-state index >= 15 is 0 Å². The fraction of sp³-hybridized carbons (Fsp3) is 0.333. The van der Waals surface area contributed by atoms with Crippen LogP contribution in [-0.4, -0.2) is 15.7 Å². The smallest absolute Gasteiger partial charge is 0.345 e. The number of amides is 1. The number of benzene rings is 1. The van der Waals surface area contributed by atoms with Gasteiger partial charge in [0.1, 0.15) is 4.83 Å². The molecule has 0 bridgehead atoms. The number of thiophene rings is 1. The molecule has 0 aliphatic rings. The van der Waals surface area contributed by atoms with E-state index in [4.69, 9.17) is 0 Å². The van der Waals surface area contributed by atoms with Gasteiger partial charge in [-0.3, -0.25) is 9.48 Å². The molecule has 1 unspecified atom stereocenters. The van der Waals surface area contributed by atoms with Gasteiger partial charge in [-0.2, -0.15) is 18.3 Å². The van der Waals surface area contributed by atoms with E-state index in [1.807, 2.05) is 38.1 Å². The van der Waals surface area contributed by atoms with Crippen molar-refractivity contribution >= 4 is 27.5 Å². The molecule has 138 valence electrons. The van der Waals surface area contributed by atoms with Crippen molar-refractivity contribution in [1.82, 2.24) is 15.1 Å². The van der Waals surface area contributed by atoms with Crippen molar-refractivity contribution < 1.29 is 18.0 Å². The van der Waals surface area contributed by atoms with Crippen molar-refractivity contribution in [1.29, 1.82) is 0 Å². The van der Waals surface area contributed by atoms with E-state index in [1.54, 1.807) is 0 Å². The molecule has 0 spiro atoms. The molecular formula is C18H18F3N3OS. The van der Waals surface area contributed by atoms with E-state index in [0.717, 1.165) is 27.1 Å². The quantitative estimate of drug-likeness (QED) is 0.703. The Morgan fingerprint density at radius 2 is 1.96 bits per heavy atom. The number of carbonyl (C=O) groups is 1. The standard InChI is InChI=1S/C18H18F3N3OS/c1-4-13(11-7-5-10(2)6-8-11)22-16(25)14-9-12-15(18(19,20)21)23-24(3)17(12)26-14/h5-9,13H,4H2,1-3H3,(H,22,25). The van der Waals surface area contributed by atoms with Gasteiger partial charge in [0.05, 0.1) is 10.9 Å². The van der Waals surface area contributed by atoms with Gasteiger partial charge in [-0.25, -0.2) is 0 Å². The Morgan fingerprint density at radius 3 is 2.54 bits per heavy atom. The lowest BCUT2D eigenvalue weighted by atomic mass is 10.0. The summed E-state index contributed by atoms with van der Waals surface area (Å²) < 4.78 is 40.4. The first-order chi connectivity index (χ1) is 12.2. The van der Waals surface area contributed by atoms with Crippen LogP contribution in [0.5, 0.6) is 0 Å². The van der Waals surface area contributed by atoms with Crippen LogP contribution in [0.1, 0.15) is 45.9 Å². The first-order valence-electron chi connectivity index (χ1n) is 8.12. The molecule has 0 aliphatic carbocycles. The normalized spacial score (nSPS) is 13.2. The highest BCUT2D eigenvalue weighted by atomic mass is 32.1. The highest BCUT2D eigenvalue weighted by molar-refractivity contribution is 7.20. The van der Waals surface area contributed by atoms with Gasteiger partial charge in [0, 0.05) is 12.4 Å². The zero-order chi connectivity index (χ0) is 19.1. The van der Waals surface area contributed by atoms with Gasteiger partial charge in [0.25, 0.3) is 5.91 Å². The number of alkyl halides is 3. The molecule has 4 nitrogen and oxygen atoms in total. The van der Waals surface area contributed by atoms with E-state index < -0.39 is 11.9 Å². The van der Waals surface area contributed by atoms with Crippen molar-refractivity contribution in [2.45, 2.75) is 32.5 Å². The van der Waals surface area contributed by atoms with Crippen molar-refractivity contribution in [3.05, 3.63) is 52.0 Å². The van der Waals surface area contributed by atoms with Gasteiger partial charge in [-0.1, -0.05) is 36.8 Å². The van der Waals surface area contributed by atoms with Gasteiger partial charge >= 0.3 is 6.18 Å². The Balaban J connectivity index is 1.88. The van der Waals surface area contributed by atoms with Gasteiger partial charge in [-0.15, -0.1) is 11.3 Å². The zero-order valence-corrected chi connectivity index (χ0v) is 15.3. The van der Waals surface area contributed by atoms with E-state index in [2.05, 4.69) is 10.4 Å². The zero-order valence-electron chi connectivity index (χ0n) is 14.5. The maximum atomic E-state index is 13.1. The Bertz CT molecular complexity index is 941. The molecular weight excluding hydrogens is 363 g/mol. The highest BCUT2D eigenvalue weighted by Crippen LogP contribution is 2.37. The molecule has 0 radical (unpaired) electrons. The van der Waals surface area contributed by atoms with E-state index in [0.29, 0.717) is 11.3 Å². The SMILES string of the molecule is CCC(NC(=O)c1cc2c(C(F)(F)F)nn(C)c2s1)c1ccc(C)cc1. The molecule has 0 saturated carbocycles. The number of fused-ring (bicyclic) bond motifs is 1. The molecule has 1 atom stereocenters. The van der Waals surface area contributed by atoms with Crippen LogP contribution in [0.2, 0.25) is 0 Å². The van der Waals surface area contributed by atoms with Crippen LogP contribution < -0.4 is 5.32 Å². The van der Waals surface area contributed by atoms with Crippen LogP contribution in [0.3, 0.4) is 0 Å². The van der Waals surface area contributed by atoms with Crippen LogP contribution in [0, 0.1) is 6.92 Å². The summed E-state index contributed by atoms with van der Waals surface area (Å²) in [5.74, 6) is -0.383. The topological polar surface area (TPSA) is 46.9 Å². The molecule has 1 amide bonds. The molecule has 8 heteroatoms. The summed E-state index contributed by atoms with van der Waals surface area (Å²) in [4.78, 5) is 13.1. The fourth-order valence-electron chi connectivity index (χ4n) is 2.81. The average Bonchev–Trinajstić information content (AvgIpc) is 3.13. The maximum Gasteiger partial charge on any atom is 0.435 e. The van der Waals surface area contributed by atoms with Crippen molar-refractivity contribution in [2.75, 3.05) is 0 Å². The monoisotopic (exact) mass is 381 g/mol. The van der Waals surface area contributed by atoms with Gasteiger partial charge in [0.2, 0.25) is 0 Å². The minimum atomic E-state index is -4.55. The number of halogens is 3. The van der Waals surface area contributed by atoms with Crippen molar-refractivity contribution in [3.8, 4) is 0 Å². The maximum absolute atomic E-state index is 13.1. The molecule has 26 heavy (non-hydrogen) atoms. The molecule has 1 aromatic carbocycles. The van der Waals surface area contributed by atoms with Gasteiger partial charge < -0.3 is 5.32 Å². The Kier molecular flexibility index (Phi) is 4.79. The van der Waals surface area contributed by atoms with Crippen LogP contribution in [0.4, 0.5) is 13.2 Å². The molecule has 2 heterocycles. The number of carbonyl (C=O) groups excluding carboxylic acids is 1. The fourth-order valence-corrected chi connectivity index (χ4v) is 3.79. The molecule has 0 aliphatic heterocycles. The average molecular weight is 381 g/mol. The Morgan fingerprint density at radius 1 is 1.31 bits per heavy atom. The number of aryl methyl sites for hydroxylation is 2. The summed E-state index contributed by atoms with van der Waals surface area (Å²) in [7, 11) is 1.44. The number of rotatable bonds is 4. The molecule has 3 rings (SSSR count). The van der Waals surface area contributed by atoms with Crippen LogP contribution >= 0.6 is 11.3 Å². The van der Waals surface area contributed by atoms with Crippen molar-refractivity contribution in [2.24, 2.45) is 7.05 Å². The molecule has 0 saturated heterocycles. The lowest BCUT2D eigenvalue weighted by Crippen LogP contribution is -2.27. The second-order valence-electron chi connectivity index (χ2n) is 6.14. The number of nitrogens with one attached hydrogen (secondary N) is 1. The number of nitrogens with zero attached hydrogens (tertiary/aromatic N) is 2.